The molecule has 2 amide bonds. The molecule has 2 aromatic rings. The highest BCUT2D eigenvalue weighted by Crippen LogP contribution is 2.32. The zero-order valence-corrected chi connectivity index (χ0v) is 16.7. The summed E-state index contributed by atoms with van der Waals surface area (Å²) in [6.07, 6.45) is 0.836. The first-order valence-electron chi connectivity index (χ1n) is 9.24. The third kappa shape index (κ3) is 4.02. The van der Waals surface area contributed by atoms with E-state index in [-0.39, 0.29) is 24.3 Å². The Hall–Kier alpha value is -2.84. The van der Waals surface area contributed by atoms with E-state index in [1.54, 1.807) is 18.2 Å². The number of nitrogens with zero attached hydrogens (tertiary/aromatic N) is 2. The SMILES string of the molecule is CC(=O)NCc1cccc2c1CCN(C(=O)Cc1c(Cl)cccc1C#N)[C@H]2C. The van der Waals surface area contributed by atoms with Crippen LogP contribution in [0.15, 0.2) is 36.4 Å². The Balaban J connectivity index is 1.82. The minimum atomic E-state index is -0.0819. The molecule has 0 spiro atoms. The van der Waals surface area contributed by atoms with E-state index in [1.807, 2.05) is 30.0 Å². The standard InChI is InChI=1S/C22H22ClN3O2/c1-14-18-7-3-6-17(13-25-15(2)27)19(18)9-10-26(14)22(28)11-20-16(12-24)5-4-8-21(20)23/h3-8,14H,9-11,13H2,1-2H3,(H,25,27)/t14-/m0/s1. The first-order valence-corrected chi connectivity index (χ1v) is 9.62. The number of benzene rings is 2. The van der Waals surface area contributed by atoms with Gasteiger partial charge in [0.05, 0.1) is 24.1 Å². The van der Waals surface area contributed by atoms with Gasteiger partial charge in [-0.3, -0.25) is 9.59 Å². The van der Waals surface area contributed by atoms with Crippen LogP contribution in [0, 0.1) is 11.3 Å². The fraction of sp³-hybridized carbons (Fsp3) is 0.318. The number of nitriles is 1. The average molecular weight is 396 g/mol. The van der Waals surface area contributed by atoms with Gasteiger partial charge in [0.2, 0.25) is 11.8 Å². The second-order valence-corrected chi connectivity index (χ2v) is 7.37. The van der Waals surface area contributed by atoms with Crippen molar-refractivity contribution in [2.24, 2.45) is 0 Å². The molecule has 6 heteroatoms. The third-order valence-corrected chi connectivity index (χ3v) is 5.60. The fourth-order valence-corrected chi connectivity index (χ4v) is 4.01. The van der Waals surface area contributed by atoms with Crippen molar-refractivity contribution in [3.63, 3.8) is 0 Å². The number of carbonyl (C=O) groups excluding carboxylic acids is 2. The maximum absolute atomic E-state index is 13.0. The van der Waals surface area contributed by atoms with Gasteiger partial charge in [0, 0.05) is 25.0 Å². The lowest BCUT2D eigenvalue weighted by Crippen LogP contribution is -2.40. The number of hydrogen-bond acceptors (Lipinski definition) is 3. The molecule has 0 fully saturated rings. The van der Waals surface area contributed by atoms with Gasteiger partial charge in [0.1, 0.15) is 0 Å². The molecule has 3 rings (SSSR count). The number of carbonyl (C=O) groups is 2. The van der Waals surface area contributed by atoms with Crippen LogP contribution in [0.1, 0.15) is 47.7 Å². The minimum absolute atomic E-state index is 0.0463. The number of nitrogens with one attached hydrogen (secondary N) is 1. The first kappa shape index (κ1) is 19.9. The number of amides is 2. The summed E-state index contributed by atoms with van der Waals surface area (Å²) >= 11 is 6.23. The van der Waals surface area contributed by atoms with Crippen LogP contribution >= 0.6 is 11.6 Å². The average Bonchev–Trinajstić information content (AvgIpc) is 2.68. The van der Waals surface area contributed by atoms with Crippen molar-refractivity contribution in [1.29, 1.82) is 5.26 Å². The zero-order valence-electron chi connectivity index (χ0n) is 16.0. The van der Waals surface area contributed by atoms with Gasteiger partial charge >= 0.3 is 0 Å². The van der Waals surface area contributed by atoms with E-state index in [9.17, 15) is 14.9 Å². The zero-order chi connectivity index (χ0) is 20.3. The van der Waals surface area contributed by atoms with Crippen LogP contribution in [0.3, 0.4) is 0 Å². The van der Waals surface area contributed by atoms with Gasteiger partial charge in [-0.25, -0.2) is 0 Å². The van der Waals surface area contributed by atoms with E-state index < -0.39 is 0 Å². The topological polar surface area (TPSA) is 73.2 Å². The Bertz CT molecular complexity index is 965. The molecular weight excluding hydrogens is 374 g/mol. The second-order valence-electron chi connectivity index (χ2n) is 6.96. The molecule has 2 aromatic carbocycles. The lowest BCUT2D eigenvalue weighted by atomic mass is 9.89. The normalized spacial score (nSPS) is 15.5. The Morgan fingerprint density at radius 3 is 2.75 bits per heavy atom. The summed E-state index contributed by atoms with van der Waals surface area (Å²) in [5, 5.41) is 12.6. The van der Waals surface area contributed by atoms with E-state index >= 15 is 0 Å². The number of hydrogen-bond donors (Lipinski definition) is 1. The van der Waals surface area contributed by atoms with Gasteiger partial charge in [-0.1, -0.05) is 35.9 Å². The van der Waals surface area contributed by atoms with Gasteiger partial charge in [0.15, 0.2) is 0 Å². The predicted octanol–water partition coefficient (Wildman–Crippen LogP) is 3.54. The van der Waals surface area contributed by atoms with E-state index in [0.717, 1.165) is 17.5 Å². The lowest BCUT2D eigenvalue weighted by Gasteiger charge is -2.36. The van der Waals surface area contributed by atoms with E-state index in [1.165, 1.54) is 12.5 Å². The van der Waals surface area contributed by atoms with Crippen LogP contribution in [0.25, 0.3) is 0 Å². The molecule has 0 saturated heterocycles. The molecule has 0 aliphatic carbocycles. The van der Waals surface area contributed by atoms with Crippen molar-refractivity contribution >= 4 is 23.4 Å². The monoisotopic (exact) mass is 395 g/mol. The quantitative estimate of drug-likeness (QED) is 0.860. The van der Waals surface area contributed by atoms with Gasteiger partial charge in [0.25, 0.3) is 0 Å². The Labute approximate surface area is 169 Å². The molecule has 1 heterocycles. The number of halogens is 1. The van der Waals surface area contributed by atoms with Crippen molar-refractivity contribution in [3.8, 4) is 6.07 Å². The lowest BCUT2D eigenvalue weighted by molar-refractivity contribution is -0.133. The van der Waals surface area contributed by atoms with Crippen LogP contribution in [0.2, 0.25) is 5.02 Å². The summed E-state index contributed by atoms with van der Waals surface area (Å²) in [5.41, 5.74) is 4.40. The summed E-state index contributed by atoms with van der Waals surface area (Å²) in [6.45, 7) is 4.60. The van der Waals surface area contributed by atoms with Crippen LogP contribution in [0.4, 0.5) is 0 Å². The Morgan fingerprint density at radius 2 is 2.04 bits per heavy atom. The van der Waals surface area contributed by atoms with E-state index in [2.05, 4.69) is 11.4 Å². The summed E-state index contributed by atoms with van der Waals surface area (Å²) in [5.74, 6) is -0.110. The number of fused-ring (bicyclic) bond motifs is 1. The molecule has 0 radical (unpaired) electrons. The molecule has 1 N–H and O–H groups in total. The minimum Gasteiger partial charge on any atom is -0.352 e. The molecule has 0 bridgehead atoms. The van der Waals surface area contributed by atoms with Crippen molar-refractivity contribution in [1.82, 2.24) is 10.2 Å². The Morgan fingerprint density at radius 1 is 1.29 bits per heavy atom. The van der Waals surface area contributed by atoms with Crippen molar-refractivity contribution in [2.45, 2.75) is 39.3 Å². The maximum atomic E-state index is 13.0. The summed E-state index contributed by atoms with van der Waals surface area (Å²) < 4.78 is 0. The Kier molecular flexibility index (Phi) is 6.01. The molecule has 0 saturated carbocycles. The maximum Gasteiger partial charge on any atom is 0.227 e. The largest absolute Gasteiger partial charge is 0.352 e. The smallest absolute Gasteiger partial charge is 0.227 e. The summed E-state index contributed by atoms with van der Waals surface area (Å²) in [7, 11) is 0. The van der Waals surface area contributed by atoms with Crippen molar-refractivity contribution in [3.05, 3.63) is 69.2 Å². The molecule has 0 aromatic heterocycles. The molecule has 1 aliphatic rings. The van der Waals surface area contributed by atoms with Crippen molar-refractivity contribution in [2.75, 3.05) is 6.54 Å². The van der Waals surface area contributed by atoms with Crippen LogP contribution in [0.5, 0.6) is 0 Å². The highest BCUT2D eigenvalue weighted by molar-refractivity contribution is 6.31. The van der Waals surface area contributed by atoms with Crippen LogP contribution in [-0.4, -0.2) is 23.3 Å². The molecular formula is C22H22ClN3O2. The molecule has 144 valence electrons. The molecule has 0 unspecified atom stereocenters. The summed E-state index contributed by atoms with van der Waals surface area (Å²) in [4.78, 5) is 26.1. The van der Waals surface area contributed by atoms with Crippen LogP contribution in [-0.2, 0) is 29.0 Å². The van der Waals surface area contributed by atoms with Crippen molar-refractivity contribution < 1.29 is 9.59 Å². The fourth-order valence-electron chi connectivity index (χ4n) is 3.77. The summed E-state index contributed by atoms with van der Waals surface area (Å²) in [6, 6.07) is 13.1. The van der Waals surface area contributed by atoms with Gasteiger partial charge in [-0.15, -0.1) is 0 Å². The van der Waals surface area contributed by atoms with E-state index in [4.69, 9.17) is 11.6 Å². The van der Waals surface area contributed by atoms with Gasteiger partial charge in [-0.05, 0) is 47.7 Å². The van der Waals surface area contributed by atoms with Gasteiger partial charge in [-0.2, -0.15) is 5.26 Å². The van der Waals surface area contributed by atoms with E-state index in [0.29, 0.717) is 29.2 Å². The highest BCUT2D eigenvalue weighted by atomic mass is 35.5. The molecule has 1 aliphatic heterocycles. The molecule has 5 nitrogen and oxygen atoms in total. The first-order chi connectivity index (χ1) is 13.4. The second kappa shape index (κ2) is 8.45. The van der Waals surface area contributed by atoms with Crippen LogP contribution < -0.4 is 5.32 Å². The number of rotatable bonds is 4. The molecule has 28 heavy (non-hydrogen) atoms. The third-order valence-electron chi connectivity index (χ3n) is 5.25. The molecule has 1 atom stereocenters. The van der Waals surface area contributed by atoms with Gasteiger partial charge < -0.3 is 10.2 Å². The predicted molar refractivity (Wildman–Crippen MR) is 108 cm³/mol. The highest BCUT2D eigenvalue weighted by Gasteiger charge is 2.29.